The molecule has 9 heteroatoms. The smallest absolute Gasteiger partial charge is 0.239 e. The molecule has 0 heterocycles. The van der Waals surface area contributed by atoms with Gasteiger partial charge in [0.05, 0.1) is 11.4 Å². The van der Waals surface area contributed by atoms with Crippen molar-refractivity contribution in [1.82, 2.24) is 10.0 Å². The SMILES string of the molecule is C=C/C=c1/c(N(C)C)ccc/c1=C(/C)S(=O)(=O)NC.CCCNC(=O)CNc1ccc(SC)cc1. The number of allylic oxidation sites excluding steroid dienone is 1. The first-order chi connectivity index (χ1) is 16.6. The Bertz CT molecular complexity index is 1190. The second-order valence-corrected chi connectivity index (χ2v) is 10.6. The molecule has 0 aromatic heterocycles. The highest BCUT2D eigenvalue weighted by atomic mass is 32.2. The minimum Gasteiger partial charge on any atom is -0.377 e. The summed E-state index contributed by atoms with van der Waals surface area (Å²) in [7, 11) is 1.80. The first-order valence-corrected chi connectivity index (χ1v) is 14.0. The van der Waals surface area contributed by atoms with Crippen molar-refractivity contribution < 1.29 is 13.2 Å². The summed E-state index contributed by atoms with van der Waals surface area (Å²) in [5, 5.41) is 7.43. The number of nitrogens with one attached hydrogen (secondary N) is 3. The molecule has 2 rings (SSSR count). The third kappa shape index (κ3) is 9.79. The van der Waals surface area contributed by atoms with Gasteiger partial charge < -0.3 is 15.5 Å². The number of anilines is 2. The van der Waals surface area contributed by atoms with Crippen LogP contribution < -0.4 is 30.7 Å². The van der Waals surface area contributed by atoms with Gasteiger partial charge in [0.2, 0.25) is 15.9 Å². The Hall–Kier alpha value is -2.75. The molecule has 192 valence electrons. The van der Waals surface area contributed by atoms with Crippen LogP contribution in [-0.4, -0.2) is 54.8 Å². The van der Waals surface area contributed by atoms with E-state index in [1.807, 2.05) is 74.6 Å². The molecular weight excluding hydrogens is 480 g/mol. The Morgan fingerprint density at radius 2 is 1.80 bits per heavy atom. The summed E-state index contributed by atoms with van der Waals surface area (Å²) in [6, 6.07) is 13.6. The Labute approximate surface area is 214 Å². The molecular formula is C26H38N4O3S2. The average molecular weight is 519 g/mol. The summed E-state index contributed by atoms with van der Waals surface area (Å²) in [4.78, 5) is 14.8. The van der Waals surface area contributed by atoms with E-state index in [1.54, 1.807) is 30.8 Å². The highest BCUT2D eigenvalue weighted by molar-refractivity contribution is 7.98. The second-order valence-electron chi connectivity index (χ2n) is 7.73. The zero-order valence-corrected chi connectivity index (χ0v) is 23.1. The van der Waals surface area contributed by atoms with Gasteiger partial charge in [0.25, 0.3) is 0 Å². The van der Waals surface area contributed by atoms with Gasteiger partial charge in [-0.25, -0.2) is 13.1 Å². The van der Waals surface area contributed by atoms with Gasteiger partial charge in [-0.3, -0.25) is 4.79 Å². The lowest BCUT2D eigenvalue weighted by Crippen LogP contribution is -2.35. The third-order valence-corrected chi connectivity index (χ3v) is 7.32. The molecule has 0 unspecified atom stereocenters. The maximum Gasteiger partial charge on any atom is 0.239 e. The molecule has 3 N–H and O–H groups in total. The summed E-state index contributed by atoms with van der Waals surface area (Å²) in [5.74, 6) is 0.0378. The molecule has 0 saturated carbocycles. The van der Waals surface area contributed by atoms with E-state index in [1.165, 1.54) is 11.9 Å². The molecule has 0 radical (unpaired) electrons. The van der Waals surface area contributed by atoms with E-state index in [0.29, 0.717) is 16.7 Å². The number of thioether (sulfide) groups is 1. The van der Waals surface area contributed by atoms with Crippen LogP contribution in [0, 0.1) is 0 Å². The maximum absolute atomic E-state index is 11.9. The molecule has 1 amide bonds. The van der Waals surface area contributed by atoms with Crippen molar-refractivity contribution >= 4 is 50.0 Å². The van der Waals surface area contributed by atoms with Crippen molar-refractivity contribution in [2.75, 3.05) is 50.7 Å². The zero-order valence-electron chi connectivity index (χ0n) is 21.5. The minimum atomic E-state index is -3.44. The van der Waals surface area contributed by atoms with Gasteiger partial charge in [0.1, 0.15) is 0 Å². The van der Waals surface area contributed by atoms with E-state index >= 15 is 0 Å². The van der Waals surface area contributed by atoms with Gasteiger partial charge in [0, 0.05) is 42.1 Å². The Balaban J connectivity index is 0.000000355. The number of amides is 1. The monoisotopic (exact) mass is 518 g/mol. The van der Waals surface area contributed by atoms with Crippen LogP contribution in [0.5, 0.6) is 0 Å². The van der Waals surface area contributed by atoms with E-state index in [-0.39, 0.29) is 5.91 Å². The van der Waals surface area contributed by atoms with Gasteiger partial charge in [0.15, 0.2) is 0 Å². The van der Waals surface area contributed by atoms with Gasteiger partial charge in [-0.1, -0.05) is 37.8 Å². The normalized spacial score (nSPS) is 12.2. The summed E-state index contributed by atoms with van der Waals surface area (Å²) < 4.78 is 26.2. The number of sulfonamides is 1. The van der Waals surface area contributed by atoms with Crippen LogP contribution in [0.3, 0.4) is 0 Å². The van der Waals surface area contributed by atoms with E-state index < -0.39 is 10.0 Å². The van der Waals surface area contributed by atoms with Gasteiger partial charge in [-0.05, 0) is 62.2 Å². The summed E-state index contributed by atoms with van der Waals surface area (Å²) >= 11 is 1.71. The third-order valence-electron chi connectivity index (χ3n) is 5.02. The average Bonchev–Trinajstić information content (AvgIpc) is 2.86. The molecule has 0 bridgehead atoms. The van der Waals surface area contributed by atoms with Crippen LogP contribution in [0.4, 0.5) is 11.4 Å². The number of nitrogens with zero attached hydrogens (tertiary/aromatic N) is 1. The fraction of sp³-hybridized carbons (Fsp3) is 0.346. The highest BCUT2D eigenvalue weighted by Crippen LogP contribution is 2.17. The van der Waals surface area contributed by atoms with E-state index in [9.17, 15) is 13.2 Å². The van der Waals surface area contributed by atoms with Crippen LogP contribution in [0.15, 0.2) is 60.0 Å². The molecule has 2 aromatic rings. The van der Waals surface area contributed by atoms with Crippen LogP contribution in [0.25, 0.3) is 11.0 Å². The fourth-order valence-corrected chi connectivity index (χ4v) is 4.24. The number of benzene rings is 2. The first-order valence-electron chi connectivity index (χ1n) is 11.3. The maximum atomic E-state index is 11.9. The summed E-state index contributed by atoms with van der Waals surface area (Å²) in [6.07, 6.45) is 6.49. The van der Waals surface area contributed by atoms with Crippen molar-refractivity contribution in [2.45, 2.75) is 25.2 Å². The van der Waals surface area contributed by atoms with E-state index in [2.05, 4.69) is 21.9 Å². The lowest BCUT2D eigenvalue weighted by molar-refractivity contribution is -0.119. The zero-order chi connectivity index (χ0) is 26.4. The van der Waals surface area contributed by atoms with E-state index in [0.717, 1.165) is 29.6 Å². The molecule has 0 atom stereocenters. The van der Waals surface area contributed by atoms with Gasteiger partial charge >= 0.3 is 0 Å². The van der Waals surface area contributed by atoms with Crippen molar-refractivity contribution in [3.05, 3.63) is 65.6 Å². The molecule has 0 fully saturated rings. The number of rotatable bonds is 10. The van der Waals surface area contributed by atoms with Crippen LogP contribution in [-0.2, 0) is 14.8 Å². The molecule has 0 aliphatic rings. The molecule has 0 aliphatic carbocycles. The molecule has 0 saturated heterocycles. The molecule has 2 aromatic carbocycles. The number of hydrogen-bond donors (Lipinski definition) is 3. The van der Waals surface area contributed by atoms with Crippen molar-refractivity contribution in [2.24, 2.45) is 0 Å². The Morgan fingerprint density at radius 3 is 2.31 bits per heavy atom. The van der Waals surface area contributed by atoms with E-state index in [4.69, 9.17) is 0 Å². The Morgan fingerprint density at radius 1 is 1.14 bits per heavy atom. The minimum absolute atomic E-state index is 0.0378. The number of carbonyl (C=O) groups is 1. The quantitative estimate of drug-likeness (QED) is 0.419. The number of carbonyl (C=O) groups excluding carboxylic acids is 1. The summed E-state index contributed by atoms with van der Waals surface area (Å²) in [6.45, 7) is 8.40. The second kappa shape index (κ2) is 15.3. The predicted octanol–water partition coefficient (Wildman–Crippen LogP) is 2.74. The van der Waals surface area contributed by atoms with Gasteiger partial charge in [-0.15, -0.1) is 11.8 Å². The largest absolute Gasteiger partial charge is 0.377 e. The molecule has 7 nitrogen and oxygen atoms in total. The topological polar surface area (TPSA) is 90.5 Å². The van der Waals surface area contributed by atoms with Gasteiger partial charge in [-0.2, -0.15) is 0 Å². The molecule has 0 aliphatic heterocycles. The lowest BCUT2D eigenvalue weighted by atomic mass is 10.1. The first kappa shape index (κ1) is 30.3. The van der Waals surface area contributed by atoms with Crippen molar-refractivity contribution in [3.63, 3.8) is 0 Å². The van der Waals surface area contributed by atoms with Crippen LogP contribution >= 0.6 is 11.8 Å². The highest BCUT2D eigenvalue weighted by Gasteiger charge is 2.12. The number of hydrogen-bond acceptors (Lipinski definition) is 6. The Kier molecular flexibility index (Phi) is 13.2. The predicted molar refractivity (Wildman–Crippen MR) is 152 cm³/mol. The molecule has 35 heavy (non-hydrogen) atoms. The van der Waals surface area contributed by atoms with Crippen LogP contribution in [0.1, 0.15) is 20.3 Å². The fourth-order valence-electron chi connectivity index (χ4n) is 3.06. The van der Waals surface area contributed by atoms with Crippen LogP contribution in [0.2, 0.25) is 0 Å². The standard InChI is InChI=1S/C14H20N2O2S.C12H18N2OS/c1-6-8-13-12(11(2)19(17,18)15-3)9-7-10-14(13)16(4)5;1-3-8-13-12(15)9-14-10-4-6-11(16-2)7-5-10/h6-10,15H,1H2,2-5H3;4-7,14H,3,8-9H2,1-2H3,(H,13,15)/b12-11+,13-8+;. The molecule has 0 spiro atoms. The lowest BCUT2D eigenvalue weighted by Gasteiger charge is -2.14. The van der Waals surface area contributed by atoms with Crippen molar-refractivity contribution in [3.8, 4) is 0 Å². The summed E-state index contributed by atoms with van der Waals surface area (Å²) in [5.41, 5.74) is 1.92. The van der Waals surface area contributed by atoms with Crippen molar-refractivity contribution in [1.29, 1.82) is 0 Å².